The molecule has 3 atom stereocenters. The van der Waals surface area contributed by atoms with Gasteiger partial charge in [-0.3, -0.25) is 14.4 Å². The predicted molar refractivity (Wildman–Crippen MR) is 123 cm³/mol. The molecule has 0 saturated carbocycles. The van der Waals surface area contributed by atoms with E-state index in [2.05, 4.69) is 0 Å². The van der Waals surface area contributed by atoms with Crippen molar-refractivity contribution in [2.24, 2.45) is 5.92 Å². The fourth-order valence-electron chi connectivity index (χ4n) is 4.54. The number of imide groups is 1. The lowest BCUT2D eigenvalue weighted by Crippen LogP contribution is -2.37. The monoisotopic (exact) mass is 444 g/mol. The number of anilines is 2. The Bertz CT molecular complexity index is 1200. The minimum absolute atomic E-state index is 0.285. The summed E-state index contributed by atoms with van der Waals surface area (Å²) in [6.07, 6.45) is -0.919. The number of rotatable bonds is 5. The van der Waals surface area contributed by atoms with Gasteiger partial charge in [-0.2, -0.15) is 0 Å². The molecular weight excluding hydrogens is 420 g/mol. The molecule has 2 aliphatic rings. The zero-order chi connectivity index (χ0) is 23.1. The second-order valence-corrected chi connectivity index (χ2v) is 8.12. The highest BCUT2D eigenvalue weighted by Gasteiger charge is 2.60. The number of methoxy groups -OCH3 is 2. The summed E-state index contributed by atoms with van der Waals surface area (Å²) < 4.78 is 10.9. The Labute approximate surface area is 192 Å². The van der Waals surface area contributed by atoms with Gasteiger partial charge in [0.05, 0.1) is 31.6 Å². The quantitative estimate of drug-likeness (QED) is 0.553. The number of hydrogen-bond donors (Lipinski definition) is 0. The third-order valence-electron chi connectivity index (χ3n) is 6.17. The Hall–Kier alpha value is -3.84. The molecule has 5 rings (SSSR count). The van der Waals surface area contributed by atoms with Crippen molar-refractivity contribution in [2.75, 3.05) is 24.2 Å². The molecule has 0 spiro atoms. The van der Waals surface area contributed by atoms with Crippen molar-refractivity contribution >= 4 is 23.2 Å². The number of nitrogens with zero attached hydrogens (tertiary/aromatic N) is 2. The van der Waals surface area contributed by atoms with Gasteiger partial charge in [-0.1, -0.05) is 42.0 Å². The number of amides is 2. The Morgan fingerprint density at radius 3 is 2.15 bits per heavy atom. The first kappa shape index (κ1) is 21.0. The summed E-state index contributed by atoms with van der Waals surface area (Å²) in [4.78, 5) is 34.4. The van der Waals surface area contributed by atoms with Gasteiger partial charge in [-0.15, -0.1) is 0 Å². The van der Waals surface area contributed by atoms with Gasteiger partial charge in [0.1, 0.15) is 5.92 Å². The highest BCUT2D eigenvalue weighted by atomic mass is 16.7. The zero-order valence-electron chi connectivity index (χ0n) is 18.6. The number of benzene rings is 3. The van der Waals surface area contributed by atoms with E-state index in [9.17, 15) is 9.59 Å². The van der Waals surface area contributed by atoms with Crippen LogP contribution in [0, 0.1) is 12.8 Å². The highest BCUT2D eigenvalue weighted by molar-refractivity contribution is 6.23. The average Bonchev–Trinajstić information content (AvgIpc) is 3.36. The van der Waals surface area contributed by atoms with Crippen LogP contribution in [0.1, 0.15) is 17.2 Å². The van der Waals surface area contributed by atoms with Crippen molar-refractivity contribution in [1.29, 1.82) is 0 Å². The van der Waals surface area contributed by atoms with Crippen LogP contribution < -0.4 is 19.4 Å². The van der Waals surface area contributed by atoms with Gasteiger partial charge in [-0.25, -0.2) is 9.96 Å². The molecule has 0 unspecified atom stereocenters. The fraction of sp³-hybridized carbons (Fsp3) is 0.231. The number of aryl methyl sites for hydroxylation is 1. The summed E-state index contributed by atoms with van der Waals surface area (Å²) in [5.41, 5.74) is 3.14. The third kappa shape index (κ3) is 3.41. The van der Waals surface area contributed by atoms with Gasteiger partial charge in [0.2, 0.25) is 5.91 Å². The molecule has 0 aliphatic carbocycles. The SMILES string of the molecule is COc1ccc([C@@H]2[C@@H]3C(=O)N(c4ccc(C)cc4)C(=O)[C@@H]3ON2c2ccccc2)cc1OC. The van der Waals surface area contributed by atoms with E-state index in [1.54, 1.807) is 37.5 Å². The summed E-state index contributed by atoms with van der Waals surface area (Å²) in [7, 11) is 3.13. The van der Waals surface area contributed by atoms with E-state index in [0.29, 0.717) is 17.2 Å². The maximum Gasteiger partial charge on any atom is 0.266 e. The predicted octanol–water partition coefficient (Wildman–Crippen LogP) is 4.06. The lowest BCUT2D eigenvalue weighted by molar-refractivity contribution is -0.126. The smallest absolute Gasteiger partial charge is 0.266 e. The fourth-order valence-corrected chi connectivity index (χ4v) is 4.54. The molecule has 2 fully saturated rings. The van der Waals surface area contributed by atoms with Gasteiger partial charge in [-0.05, 0) is 48.9 Å². The topological polar surface area (TPSA) is 68.3 Å². The van der Waals surface area contributed by atoms with Crippen LogP contribution in [0.4, 0.5) is 11.4 Å². The van der Waals surface area contributed by atoms with Gasteiger partial charge >= 0.3 is 0 Å². The number of ether oxygens (including phenoxy) is 2. The van der Waals surface area contributed by atoms with E-state index in [1.165, 1.54) is 4.90 Å². The lowest BCUT2D eigenvalue weighted by Gasteiger charge is -2.29. The molecule has 0 aromatic heterocycles. The molecule has 168 valence electrons. The lowest BCUT2D eigenvalue weighted by atomic mass is 9.90. The molecule has 7 nitrogen and oxygen atoms in total. The Balaban J connectivity index is 1.60. The maximum absolute atomic E-state index is 13.7. The average molecular weight is 444 g/mol. The Morgan fingerprint density at radius 2 is 1.48 bits per heavy atom. The number of hydroxylamine groups is 1. The molecular formula is C26H24N2O5. The van der Waals surface area contributed by atoms with Crippen LogP contribution in [0.3, 0.4) is 0 Å². The van der Waals surface area contributed by atoms with Crippen LogP contribution in [0.5, 0.6) is 11.5 Å². The van der Waals surface area contributed by atoms with Crippen molar-refractivity contribution in [3.05, 3.63) is 83.9 Å². The zero-order valence-corrected chi connectivity index (χ0v) is 18.6. The molecule has 3 aromatic carbocycles. The molecule has 7 heteroatoms. The molecule has 3 aromatic rings. The van der Waals surface area contributed by atoms with Crippen LogP contribution >= 0.6 is 0 Å². The number of carbonyl (C=O) groups excluding carboxylic acids is 2. The van der Waals surface area contributed by atoms with E-state index in [1.807, 2.05) is 61.5 Å². The van der Waals surface area contributed by atoms with Crippen molar-refractivity contribution in [3.8, 4) is 11.5 Å². The minimum Gasteiger partial charge on any atom is -0.493 e. The Morgan fingerprint density at radius 1 is 0.788 bits per heavy atom. The van der Waals surface area contributed by atoms with Crippen LogP contribution in [0.2, 0.25) is 0 Å². The molecule has 0 bridgehead atoms. The van der Waals surface area contributed by atoms with Crippen molar-refractivity contribution in [3.63, 3.8) is 0 Å². The molecule has 2 amide bonds. The first-order chi connectivity index (χ1) is 16.0. The number of para-hydroxylation sites is 1. The van der Waals surface area contributed by atoms with Crippen LogP contribution in [0.15, 0.2) is 72.8 Å². The Kier molecular flexibility index (Phi) is 5.26. The maximum atomic E-state index is 13.7. The van der Waals surface area contributed by atoms with Crippen LogP contribution in [0.25, 0.3) is 0 Å². The van der Waals surface area contributed by atoms with Crippen molar-refractivity contribution in [1.82, 2.24) is 0 Å². The van der Waals surface area contributed by atoms with E-state index >= 15 is 0 Å². The van der Waals surface area contributed by atoms with E-state index in [0.717, 1.165) is 16.8 Å². The number of hydrogen-bond acceptors (Lipinski definition) is 6. The molecule has 2 heterocycles. The van der Waals surface area contributed by atoms with Gasteiger partial charge in [0, 0.05) is 0 Å². The normalized spacial score (nSPS) is 22.0. The summed E-state index contributed by atoms with van der Waals surface area (Å²) in [5.74, 6) is -0.237. The van der Waals surface area contributed by atoms with Gasteiger partial charge in [0.15, 0.2) is 17.6 Å². The van der Waals surface area contributed by atoms with Crippen LogP contribution in [-0.4, -0.2) is 32.1 Å². The molecule has 0 radical (unpaired) electrons. The minimum atomic E-state index is -0.919. The number of carbonyl (C=O) groups is 2. The summed E-state index contributed by atoms with van der Waals surface area (Å²) in [5, 5.41) is 1.67. The molecule has 2 saturated heterocycles. The molecule has 33 heavy (non-hydrogen) atoms. The van der Waals surface area contributed by atoms with E-state index in [-0.39, 0.29) is 11.8 Å². The summed E-state index contributed by atoms with van der Waals surface area (Å²) in [6.45, 7) is 1.96. The largest absolute Gasteiger partial charge is 0.493 e. The summed E-state index contributed by atoms with van der Waals surface area (Å²) >= 11 is 0. The molecule has 2 aliphatic heterocycles. The third-order valence-corrected chi connectivity index (χ3v) is 6.17. The second-order valence-electron chi connectivity index (χ2n) is 8.12. The number of fused-ring (bicyclic) bond motifs is 1. The van der Waals surface area contributed by atoms with Crippen LogP contribution in [-0.2, 0) is 14.4 Å². The summed E-state index contributed by atoms with van der Waals surface area (Å²) in [6, 6.07) is 21.8. The van der Waals surface area contributed by atoms with E-state index in [4.69, 9.17) is 14.3 Å². The highest BCUT2D eigenvalue weighted by Crippen LogP contribution is 2.48. The first-order valence-corrected chi connectivity index (χ1v) is 10.7. The van der Waals surface area contributed by atoms with Crippen molar-refractivity contribution < 1.29 is 23.9 Å². The van der Waals surface area contributed by atoms with Crippen molar-refractivity contribution in [2.45, 2.75) is 19.1 Å². The van der Waals surface area contributed by atoms with E-state index < -0.39 is 18.1 Å². The second kappa shape index (κ2) is 8.26. The first-order valence-electron chi connectivity index (χ1n) is 10.7. The van der Waals surface area contributed by atoms with Gasteiger partial charge < -0.3 is 9.47 Å². The standard InChI is InChI=1S/C26H24N2O5/c1-16-9-12-18(13-10-16)27-25(29)22-23(17-11-14-20(31-2)21(15-17)32-3)28(33-24(22)26(27)30)19-7-5-4-6-8-19/h4-15,22-24H,1-3H3/t22-,23+,24+/m0/s1. The molecule has 0 N–H and O–H groups in total. The van der Waals surface area contributed by atoms with Gasteiger partial charge in [0.25, 0.3) is 5.91 Å².